The molecule has 2 aromatic rings. The summed E-state index contributed by atoms with van der Waals surface area (Å²) in [5.74, 6) is -0.262. The number of carbonyl (C=O) groups is 1. The Balaban J connectivity index is 2.01. The average molecular weight is 344 g/mol. The molecule has 0 radical (unpaired) electrons. The van der Waals surface area contributed by atoms with E-state index in [1.165, 1.54) is 0 Å². The first-order valence-electron chi connectivity index (χ1n) is 6.21. The van der Waals surface area contributed by atoms with Gasteiger partial charge in [0.1, 0.15) is 0 Å². The highest BCUT2D eigenvalue weighted by atomic mass is 35.5. The zero-order valence-electron chi connectivity index (χ0n) is 11.2. The number of benzene rings is 2. The molecule has 0 spiro atoms. The van der Waals surface area contributed by atoms with E-state index >= 15 is 0 Å². The van der Waals surface area contributed by atoms with Gasteiger partial charge in [0, 0.05) is 0 Å². The number of hydrogen-bond acceptors (Lipinski definition) is 2. The van der Waals surface area contributed by atoms with E-state index in [2.05, 4.69) is 10.6 Å². The Bertz CT molecular complexity index is 654. The van der Waals surface area contributed by atoms with Crippen LogP contribution in [0.15, 0.2) is 36.4 Å². The minimum absolute atomic E-state index is 0.0602. The predicted octanol–water partition coefficient (Wildman–Crippen LogP) is 5.01. The second-order valence-electron chi connectivity index (χ2n) is 4.48. The van der Waals surface area contributed by atoms with E-state index in [1.807, 2.05) is 19.1 Å². The zero-order chi connectivity index (χ0) is 15.4. The molecule has 0 aliphatic rings. The third-order valence-corrected chi connectivity index (χ3v) is 3.75. The van der Waals surface area contributed by atoms with Crippen LogP contribution >= 0.6 is 34.8 Å². The Hall–Kier alpha value is -1.42. The molecule has 2 N–H and O–H groups in total. The van der Waals surface area contributed by atoms with Crippen molar-refractivity contribution in [3.8, 4) is 0 Å². The Kier molecular flexibility index (Phi) is 5.34. The number of aryl methyl sites for hydroxylation is 1. The molecule has 110 valence electrons. The van der Waals surface area contributed by atoms with Crippen molar-refractivity contribution < 1.29 is 4.79 Å². The molecule has 1 amide bonds. The van der Waals surface area contributed by atoms with Crippen LogP contribution in [0.4, 0.5) is 11.4 Å². The summed E-state index contributed by atoms with van der Waals surface area (Å²) in [7, 11) is 0. The fourth-order valence-corrected chi connectivity index (χ4v) is 2.43. The zero-order valence-corrected chi connectivity index (χ0v) is 13.5. The first kappa shape index (κ1) is 16.0. The summed E-state index contributed by atoms with van der Waals surface area (Å²) in [6, 6.07) is 10.6. The maximum atomic E-state index is 12.0. The Morgan fingerprint density at radius 1 is 1.05 bits per heavy atom. The molecule has 0 aliphatic carbocycles. The van der Waals surface area contributed by atoms with Crippen LogP contribution in [0.25, 0.3) is 0 Å². The monoisotopic (exact) mass is 342 g/mol. The Morgan fingerprint density at radius 2 is 1.71 bits per heavy atom. The van der Waals surface area contributed by atoms with Gasteiger partial charge in [0.2, 0.25) is 5.91 Å². The van der Waals surface area contributed by atoms with Crippen LogP contribution in [-0.4, -0.2) is 12.5 Å². The van der Waals surface area contributed by atoms with E-state index < -0.39 is 0 Å². The van der Waals surface area contributed by atoms with Gasteiger partial charge in [0.25, 0.3) is 0 Å². The number of anilines is 2. The first-order chi connectivity index (χ1) is 9.97. The van der Waals surface area contributed by atoms with Gasteiger partial charge >= 0.3 is 0 Å². The number of carbonyl (C=O) groups excluding carboxylic acids is 1. The molecular weight excluding hydrogens is 331 g/mol. The largest absolute Gasteiger partial charge is 0.375 e. The van der Waals surface area contributed by atoms with Crippen molar-refractivity contribution in [1.29, 1.82) is 0 Å². The lowest BCUT2D eigenvalue weighted by Crippen LogP contribution is -2.22. The van der Waals surface area contributed by atoms with Crippen LogP contribution in [0.3, 0.4) is 0 Å². The van der Waals surface area contributed by atoms with E-state index in [-0.39, 0.29) is 12.5 Å². The predicted molar refractivity (Wildman–Crippen MR) is 89.8 cm³/mol. The summed E-state index contributed by atoms with van der Waals surface area (Å²) in [4.78, 5) is 12.0. The highest BCUT2D eigenvalue weighted by Crippen LogP contribution is 2.29. The van der Waals surface area contributed by atoms with Crippen LogP contribution in [0.1, 0.15) is 5.56 Å². The summed E-state index contributed by atoms with van der Waals surface area (Å²) in [6.07, 6.45) is 0. The van der Waals surface area contributed by atoms with E-state index in [0.29, 0.717) is 26.4 Å². The van der Waals surface area contributed by atoms with Gasteiger partial charge in [-0.05, 0) is 36.8 Å². The Morgan fingerprint density at radius 3 is 2.38 bits per heavy atom. The van der Waals surface area contributed by atoms with Gasteiger partial charge in [0.05, 0.1) is 33.0 Å². The maximum absolute atomic E-state index is 12.0. The summed E-state index contributed by atoms with van der Waals surface area (Å²) >= 11 is 18.0. The molecule has 0 unspecified atom stereocenters. The smallest absolute Gasteiger partial charge is 0.243 e. The van der Waals surface area contributed by atoms with Crippen molar-refractivity contribution in [1.82, 2.24) is 0 Å². The molecule has 0 saturated heterocycles. The lowest BCUT2D eigenvalue weighted by atomic mass is 10.2. The second-order valence-corrected chi connectivity index (χ2v) is 5.70. The van der Waals surface area contributed by atoms with E-state index in [1.54, 1.807) is 24.3 Å². The lowest BCUT2D eigenvalue weighted by Gasteiger charge is -2.11. The number of para-hydroxylation sites is 1. The molecular formula is C15H13Cl3N2O. The molecule has 0 heterocycles. The third-order valence-electron chi connectivity index (χ3n) is 2.79. The topological polar surface area (TPSA) is 41.1 Å². The van der Waals surface area contributed by atoms with Crippen LogP contribution < -0.4 is 10.6 Å². The number of rotatable bonds is 4. The molecule has 0 bridgehead atoms. The van der Waals surface area contributed by atoms with Gasteiger partial charge < -0.3 is 10.6 Å². The molecule has 0 fully saturated rings. The van der Waals surface area contributed by atoms with Gasteiger partial charge in [-0.25, -0.2) is 0 Å². The number of nitrogens with one attached hydrogen (secondary N) is 2. The van der Waals surface area contributed by atoms with Gasteiger partial charge in [-0.15, -0.1) is 0 Å². The number of hydrogen-bond donors (Lipinski definition) is 2. The van der Waals surface area contributed by atoms with Crippen molar-refractivity contribution in [2.75, 3.05) is 17.2 Å². The molecule has 3 nitrogen and oxygen atoms in total. The summed E-state index contributed by atoms with van der Waals surface area (Å²) in [5.41, 5.74) is 2.16. The second kappa shape index (κ2) is 7.03. The van der Waals surface area contributed by atoms with Crippen LogP contribution in [0.5, 0.6) is 0 Å². The molecule has 6 heteroatoms. The van der Waals surface area contributed by atoms with E-state index in [4.69, 9.17) is 34.8 Å². The highest BCUT2D eigenvalue weighted by Gasteiger charge is 2.10. The maximum Gasteiger partial charge on any atom is 0.243 e. The number of halogens is 3. The molecule has 0 atom stereocenters. The van der Waals surface area contributed by atoms with Crippen LogP contribution in [0.2, 0.25) is 15.1 Å². The third kappa shape index (κ3) is 4.27. The summed E-state index contributed by atoms with van der Waals surface area (Å²) in [5, 5.41) is 7.00. The normalized spacial score (nSPS) is 10.3. The fraction of sp³-hybridized carbons (Fsp3) is 0.133. The Labute approximate surface area is 138 Å². The molecule has 2 rings (SSSR count). The van der Waals surface area contributed by atoms with Crippen LogP contribution in [-0.2, 0) is 4.79 Å². The van der Waals surface area contributed by atoms with Crippen molar-refractivity contribution in [2.45, 2.75) is 6.92 Å². The lowest BCUT2D eigenvalue weighted by molar-refractivity contribution is -0.114. The standard InChI is InChI=1S/C15H13Cl3N2O/c1-9-5-6-10(16)13(7-9)19-8-14(21)20-15-11(17)3-2-4-12(15)18/h2-7,19H,8H2,1H3,(H,20,21). The van der Waals surface area contributed by atoms with E-state index in [0.717, 1.165) is 5.56 Å². The van der Waals surface area contributed by atoms with Crippen LogP contribution in [0, 0.1) is 6.92 Å². The molecule has 21 heavy (non-hydrogen) atoms. The summed E-state index contributed by atoms with van der Waals surface area (Å²) < 4.78 is 0. The van der Waals surface area contributed by atoms with Gasteiger partial charge in [-0.3, -0.25) is 4.79 Å². The van der Waals surface area contributed by atoms with Gasteiger partial charge in [-0.1, -0.05) is 46.9 Å². The molecule has 0 aromatic heterocycles. The van der Waals surface area contributed by atoms with E-state index in [9.17, 15) is 4.79 Å². The van der Waals surface area contributed by atoms with Gasteiger partial charge in [-0.2, -0.15) is 0 Å². The first-order valence-corrected chi connectivity index (χ1v) is 7.34. The van der Waals surface area contributed by atoms with Gasteiger partial charge in [0.15, 0.2) is 0 Å². The molecule has 2 aromatic carbocycles. The van der Waals surface area contributed by atoms with Crippen molar-refractivity contribution >= 4 is 52.1 Å². The average Bonchev–Trinajstić information content (AvgIpc) is 2.44. The van der Waals surface area contributed by atoms with Crippen molar-refractivity contribution in [3.63, 3.8) is 0 Å². The van der Waals surface area contributed by atoms with Crippen molar-refractivity contribution in [2.24, 2.45) is 0 Å². The fourth-order valence-electron chi connectivity index (χ4n) is 1.75. The quantitative estimate of drug-likeness (QED) is 0.819. The summed E-state index contributed by atoms with van der Waals surface area (Å²) in [6.45, 7) is 2.01. The SMILES string of the molecule is Cc1ccc(Cl)c(NCC(=O)Nc2c(Cl)cccc2Cl)c1. The minimum Gasteiger partial charge on any atom is -0.375 e. The minimum atomic E-state index is -0.262. The number of amides is 1. The highest BCUT2D eigenvalue weighted by molar-refractivity contribution is 6.39. The molecule has 0 aliphatic heterocycles. The van der Waals surface area contributed by atoms with Crippen molar-refractivity contribution in [3.05, 3.63) is 57.0 Å². The molecule has 0 saturated carbocycles.